The molecule has 0 spiro atoms. The molecule has 1 aliphatic rings. The molecule has 2 heterocycles. The zero-order valence-corrected chi connectivity index (χ0v) is 13.2. The molecular formula is C18H15F2N3O2. The van der Waals surface area contributed by atoms with Crippen LogP contribution in [0.5, 0.6) is 0 Å². The number of fused-ring (bicyclic) bond motifs is 1. The number of ether oxygens (including phenoxy) is 1. The molecule has 4 rings (SSSR count). The molecule has 1 saturated heterocycles. The Hall–Kier alpha value is -2.80. The Balaban J connectivity index is 1.72. The Labute approximate surface area is 142 Å². The molecule has 5 nitrogen and oxygen atoms in total. The Bertz CT molecular complexity index is 949. The first-order valence-corrected chi connectivity index (χ1v) is 7.94. The fraction of sp³-hybridized carbons (Fsp3) is 0.222. The average molecular weight is 343 g/mol. The minimum atomic E-state index is -0.917. The van der Waals surface area contributed by atoms with Gasteiger partial charge < -0.3 is 10.1 Å². The number of aromatic amines is 1. The molecule has 1 fully saturated rings. The van der Waals surface area contributed by atoms with Gasteiger partial charge in [-0.25, -0.2) is 8.78 Å². The van der Waals surface area contributed by atoms with E-state index in [9.17, 15) is 13.6 Å². The number of aromatic nitrogens is 2. The average Bonchev–Trinajstić information content (AvgIpc) is 3.26. The van der Waals surface area contributed by atoms with Gasteiger partial charge in [0.2, 0.25) is 0 Å². The maximum absolute atomic E-state index is 14.1. The molecular weight excluding hydrogens is 328 g/mol. The molecule has 3 aromatic rings. The summed E-state index contributed by atoms with van der Waals surface area (Å²) in [6.07, 6.45) is 0.758. The summed E-state index contributed by atoms with van der Waals surface area (Å²) in [7, 11) is 0. The Morgan fingerprint density at radius 3 is 2.96 bits per heavy atom. The zero-order chi connectivity index (χ0) is 17.4. The highest BCUT2D eigenvalue weighted by Crippen LogP contribution is 2.28. The summed E-state index contributed by atoms with van der Waals surface area (Å²) in [5, 5.41) is 10.3. The van der Waals surface area contributed by atoms with Gasteiger partial charge in [0, 0.05) is 17.6 Å². The van der Waals surface area contributed by atoms with Crippen molar-refractivity contribution in [3.63, 3.8) is 0 Å². The molecule has 2 aromatic carbocycles. The van der Waals surface area contributed by atoms with Crippen LogP contribution >= 0.6 is 0 Å². The summed E-state index contributed by atoms with van der Waals surface area (Å²) >= 11 is 0. The van der Waals surface area contributed by atoms with Gasteiger partial charge in [0.1, 0.15) is 0 Å². The van der Waals surface area contributed by atoms with E-state index in [1.54, 1.807) is 18.2 Å². The number of nitrogens with one attached hydrogen (secondary N) is 2. The molecule has 1 aliphatic heterocycles. The van der Waals surface area contributed by atoms with Gasteiger partial charge in [-0.1, -0.05) is 18.2 Å². The van der Waals surface area contributed by atoms with Crippen molar-refractivity contribution in [3.05, 3.63) is 53.7 Å². The third-order valence-corrected chi connectivity index (χ3v) is 4.31. The smallest absolute Gasteiger partial charge is 0.272 e. The summed E-state index contributed by atoms with van der Waals surface area (Å²) < 4.78 is 32.8. The highest BCUT2D eigenvalue weighted by Gasteiger charge is 2.22. The molecule has 1 aromatic heterocycles. The number of hydrogen-bond acceptors (Lipinski definition) is 3. The van der Waals surface area contributed by atoms with E-state index in [0.29, 0.717) is 29.7 Å². The van der Waals surface area contributed by atoms with Crippen LogP contribution in [0, 0.1) is 11.6 Å². The van der Waals surface area contributed by atoms with E-state index in [2.05, 4.69) is 15.5 Å². The summed E-state index contributed by atoms with van der Waals surface area (Å²) in [5.41, 5.74) is 1.48. The quantitative estimate of drug-likeness (QED) is 0.768. The second-order valence-electron chi connectivity index (χ2n) is 5.97. The van der Waals surface area contributed by atoms with Crippen LogP contribution < -0.4 is 5.32 Å². The lowest BCUT2D eigenvalue weighted by Crippen LogP contribution is -2.35. The van der Waals surface area contributed by atoms with Gasteiger partial charge in [-0.05, 0) is 30.2 Å². The van der Waals surface area contributed by atoms with Crippen LogP contribution in [-0.4, -0.2) is 35.4 Å². The monoisotopic (exact) mass is 343 g/mol. The van der Waals surface area contributed by atoms with E-state index in [1.807, 2.05) is 0 Å². The lowest BCUT2D eigenvalue weighted by Gasteiger charge is -2.09. The van der Waals surface area contributed by atoms with Gasteiger partial charge in [0.25, 0.3) is 5.91 Å². The lowest BCUT2D eigenvalue weighted by atomic mass is 10.0. The fourth-order valence-corrected chi connectivity index (χ4v) is 2.98. The van der Waals surface area contributed by atoms with Crippen molar-refractivity contribution in [3.8, 4) is 11.1 Å². The molecule has 0 radical (unpaired) electrons. The van der Waals surface area contributed by atoms with Crippen LogP contribution in [0.3, 0.4) is 0 Å². The minimum Gasteiger partial charge on any atom is -0.379 e. The van der Waals surface area contributed by atoms with Crippen molar-refractivity contribution >= 4 is 16.8 Å². The number of amides is 1. The van der Waals surface area contributed by atoms with Crippen molar-refractivity contribution < 1.29 is 18.3 Å². The summed E-state index contributed by atoms with van der Waals surface area (Å²) in [5.74, 6) is -2.15. The van der Waals surface area contributed by atoms with Crippen LogP contribution in [-0.2, 0) is 4.74 Å². The van der Waals surface area contributed by atoms with Gasteiger partial charge in [-0.3, -0.25) is 9.89 Å². The highest BCUT2D eigenvalue weighted by molar-refractivity contribution is 6.05. The number of H-pyrrole nitrogens is 1. The van der Waals surface area contributed by atoms with Crippen molar-refractivity contribution in [2.24, 2.45) is 0 Å². The van der Waals surface area contributed by atoms with E-state index in [-0.39, 0.29) is 23.2 Å². The third kappa shape index (κ3) is 2.87. The fourth-order valence-electron chi connectivity index (χ4n) is 2.98. The molecule has 0 bridgehead atoms. The molecule has 7 heteroatoms. The van der Waals surface area contributed by atoms with E-state index in [0.717, 1.165) is 12.5 Å². The predicted octanol–water partition coefficient (Wildman–Crippen LogP) is 3.03. The Kier molecular flexibility index (Phi) is 3.93. The van der Waals surface area contributed by atoms with Crippen molar-refractivity contribution in [1.29, 1.82) is 0 Å². The Morgan fingerprint density at radius 2 is 2.16 bits per heavy atom. The molecule has 1 atom stereocenters. The van der Waals surface area contributed by atoms with Crippen LogP contribution in [0.25, 0.3) is 22.0 Å². The van der Waals surface area contributed by atoms with Gasteiger partial charge in [-0.2, -0.15) is 5.10 Å². The van der Waals surface area contributed by atoms with E-state index in [4.69, 9.17) is 4.74 Å². The zero-order valence-electron chi connectivity index (χ0n) is 13.2. The minimum absolute atomic E-state index is 0.0388. The molecule has 0 aliphatic carbocycles. The maximum Gasteiger partial charge on any atom is 0.272 e. The van der Waals surface area contributed by atoms with Gasteiger partial charge in [0.15, 0.2) is 17.3 Å². The van der Waals surface area contributed by atoms with Gasteiger partial charge in [-0.15, -0.1) is 0 Å². The second kappa shape index (κ2) is 6.25. The normalized spacial score (nSPS) is 17.1. The van der Waals surface area contributed by atoms with Crippen molar-refractivity contribution in [1.82, 2.24) is 15.5 Å². The van der Waals surface area contributed by atoms with Crippen LogP contribution in [0.15, 0.2) is 36.4 Å². The second-order valence-corrected chi connectivity index (χ2v) is 5.97. The van der Waals surface area contributed by atoms with Crippen LogP contribution in [0.2, 0.25) is 0 Å². The number of hydrogen-bond donors (Lipinski definition) is 2. The molecule has 128 valence electrons. The highest BCUT2D eigenvalue weighted by atomic mass is 19.2. The number of carbonyl (C=O) groups excluding carboxylic acids is 1. The molecule has 2 N–H and O–H groups in total. The van der Waals surface area contributed by atoms with Crippen LogP contribution in [0.4, 0.5) is 8.78 Å². The maximum atomic E-state index is 14.1. The molecule has 0 saturated carbocycles. The largest absolute Gasteiger partial charge is 0.379 e. The number of benzene rings is 2. The number of halogens is 2. The summed E-state index contributed by atoms with van der Waals surface area (Å²) in [6.45, 7) is 1.10. The first kappa shape index (κ1) is 15.7. The van der Waals surface area contributed by atoms with Crippen molar-refractivity contribution in [2.75, 3.05) is 13.2 Å². The summed E-state index contributed by atoms with van der Waals surface area (Å²) in [4.78, 5) is 12.5. The number of nitrogens with zero attached hydrogens (tertiary/aromatic N) is 1. The number of carbonyl (C=O) groups is 1. The van der Waals surface area contributed by atoms with E-state index >= 15 is 0 Å². The summed E-state index contributed by atoms with van der Waals surface area (Å²) in [6, 6.07) is 8.95. The first-order valence-electron chi connectivity index (χ1n) is 7.94. The van der Waals surface area contributed by atoms with Gasteiger partial charge in [0.05, 0.1) is 18.2 Å². The molecule has 1 unspecified atom stereocenters. The standard InChI is InChI=1S/C18H15F2N3O2/c19-14-3-1-2-12(16(14)20)10-4-5-15-13(8-10)17(23-22-15)18(24)21-11-6-7-25-9-11/h1-5,8,11H,6-7,9H2,(H,21,24)(H,22,23). The third-order valence-electron chi connectivity index (χ3n) is 4.31. The topological polar surface area (TPSA) is 67.0 Å². The predicted molar refractivity (Wildman–Crippen MR) is 88.1 cm³/mol. The molecule has 25 heavy (non-hydrogen) atoms. The van der Waals surface area contributed by atoms with E-state index < -0.39 is 11.6 Å². The molecule has 1 amide bonds. The first-order chi connectivity index (χ1) is 12.1. The van der Waals surface area contributed by atoms with Crippen molar-refractivity contribution in [2.45, 2.75) is 12.5 Å². The lowest BCUT2D eigenvalue weighted by molar-refractivity contribution is 0.0926. The number of rotatable bonds is 3. The van der Waals surface area contributed by atoms with Gasteiger partial charge >= 0.3 is 0 Å². The van der Waals surface area contributed by atoms with E-state index in [1.165, 1.54) is 12.1 Å². The van der Waals surface area contributed by atoms with Crippen LogP contribution in [0.1, 0.15) is 16.9 Å². The Morgan fingerprint density at radius 1 is 1.28 bits per heavy atom. The SMILES string of the molecule is O=C(NC1CCOC1)c1n[nH]c2ccc(-c3cccc(F)c3F)cc12.